The SMILES string of the molecule is CCC(=O)O[C@@H]1CC(=O)O[C@H](C/C=C/c2ccnc3ccccc23)/C=C/CN(C)C[C@H](O)[C@H](C)C[C@H](CC=O)[C@H](O[C@@H]2OC(C)[C@@H](O[C@H]3CC(C)(O)[C@@H](OC(=O)CC)C(C)O3)C(N(C)C)C2O)[C@H]1OC. The quantitative estimate of drug-likeness (QED) is 0.0975. The first-order chi connectivity index (χ1) is 33.3. The monoisotopic (exact) mass is 984 g/mol. The summed E-state index contributed by atoms with van der Waals surface area (Å²) < 4.78 is 49.7. The van der Waals surface area contributed by atoms with Crippen LogP contribution in [0.2, 0.25) is 0 Å². The molecule has 2 fully saturated rings. The summed E-state index contributed by atoms with van der Waals surface area (Å²) in [6.07, 6.45) is -2.38. The van der Waals surface area contributed by atoms with Gasteiger partial charge in [-0.2, -0.15) is 0 Å². The largest absolute Gasteiger partial charge is 0.459 e. The number of pyridine rings is 1. The first kappa shape index (κ1) is 56.7. The molecule has 2 saturated heterocycles. The van der Waals surface area contributed by atoms with E-state index in [4.69, 9.17) is 37.9 Å². The standard InChI is InChI=1S/C52H77N3O15/c1-11-41(58)67-40-28-43(60)66-36(18-15-17-34-22-24-53-38-21-14-13-20-37(34)38)19-16-25-55(9)30-39(57)31(3)27-35(23-26-56)48(49(40)63-10)70-51-46(61)45(54(7)8)47(32(4)65-51)69-44-29-52(6,62)50(33(5)64-44)68-42(59)12-2/h13-17,19-22,24,26,31-33,35-36,39-40,44-51,57,61-62H,11-12,18,23,25,27-30H2,1-10H3/b17-15+,19-16+/t31-,32?,33?,35+,36-,39+,40-,44+,45?,46?,47-,48+,49+,50+,51+,52?/m1/s1. The highest BCUT2D eigenvalue weighted by Gasteiger charge is 2.53. The molecule has 18 nitrogen and oxygen atoms in total. The highest BCUT2D eigenvalue weighted by atomic mass is 16.7. The topological polar surface area (TPSA) is 222 Å². The molecule has 3 aliphatic rings. The van der Waals surface area contributed by atoms with Gasteiger partial charge in [0.25, 0.3) is 0 Å². The second-order valence-electron chi connectivity index (χ2n) is 19.4. The van der Waals surface area contributed by atoms with Gasteiger partial charge < -0.3 is 67.8 Å². The van der Waals surface area contributed by atoms with Crippen LogP contribution in [-0.2, 0) is 57.1 Å². The number of hydrogen-bond donors (Lipinski definition) is 3. The average Bonchev–Trinajstić information content (AvgIpc) is 3.30. The molecule has 0 radical (unpaired) electrons. The summed E-state index contributed by atoms with van der Waals surface area (Å²) in [6, 6.07) is 8.89. The van der Waals surface area contributed by atoms with E-state index in [1.807, 2.05) is 67.4 Å². The smallest absolute Gasteiger partial charge is 0.310 e. The van der Waals surface area contributed by atoms with Crippen molar-refractivity contribution in [3.05, 3.63) is 60.3 Å². The number of aliphatic hydroxyl groups excluding tert-OH is 2. The van der Waals surface area contributed by atoms with Crippen LogP contribution in [-0.4, -0.2) is 181 Å². The zero-order valence-electron chi connectivity index (χ0n) is 42.5. The Morgan fingerprint density at radius 1 is 0.971 bits per heavy atom. The lowest BCUT2D eigenvalue weighted by Crippen LogP contribution is -2.66. The number of carbonyl (C=O) groups excluding carboxylic acids is 4. The number of ether oxygens (including phenoxy) is 8. The fourth-order valence-electron chi connectivity index (χ4n) is 9.74. The van der Waals surface area contributed by atoms with Crippen LogP contribution in [0.5, 0.6) is 0 Å². The van der Waals surface area contributed by atoms with Crippen molar-refractivity contribution in [2.75, 3.05) is 41.3 Å². The summed E-state index contributed by atoms with van der Waals surface area (Å²) in [5.74, 6) is -2.92. The van der Waals surface area contributed by atoms with Crippen LogP contribution >= 0.6 is 0 Å². The third-order valence-electron chi connectivity index (χ3n) is 13.5. The third-order valence-corrected chi connectivity index (χ3v) is 13.5. The Bertz CT molecular complexity index is 2060. The first-order valence-electron chi connectivity index (χ1n) is 24.6. The summed E-state index contributed by atoms with van der Waals surface area (Å²) in [6.45, 7) is 10.8. The minimum Gasteiger partial charge on any atom is -0.459 e. The molecule has 70 heavy (non-hydrogen) atoms. The van der Waals surface area contributed by atoms with Crippen LogP contribution < -0.4 is 0 Å². The molecule has 5 unspecified atom stereocenters. The number of carbonyl (C=O) groups is 4. The Morgan fingerprint density at radius 3 is 2.36 bits per heavy atom. The summed E-state index contributed by atoms with van der Waals surface area (Å²) >= 11 is 0. The maximum Gasteiger partial charge on any atom is 0.310 e. The van der Waals surface area contributed by atoms with Gasteiger partial charge in [-0.1, -0.05) is 57.2 Å². The Morgan fingerprint density at radius 2 is 1.69 bits per heavy atom. The zero-order chi connectivity index (χ0) is 51.3. The van der Waals surface area contributed by atoms with Crippen molar-refractivity contribution in [1.29, 1.82) is 0 Å². The third kappa shape index (κ3) is 15.2. The van der Waals surface area contributed by atoms with E-state index in [0.29, 0.717) is 13.0 Å². The van der Waals surface area contributed by atoms with Crippen LogP contribution in [0, 0.1) is 11.8 Å². The van der Waals surface area contributed by atoms with Crippen LogP contribution in [0.1, 0.15) is 92.1 Å². The molecular weight excluding hydrogens is 907 g/mol. The number of para-hydroxylation sites is 1. The van der Waals surface area contributed by atoms with E-state index < -0.39 is 121 Å². The molecule has 2 aromatic rings. The molecule has 4 heterocycles. The fraction of sp³-hybridized carbons (Fsp3) is 0.673. The minimum atomic E-state index is -1.51. The van der Waals surface area contributed by atoms with Crippen molar-refractivity contribution in [3.8, 4) is 0 Å². The lowest BCUT2D eigenvalue weighted by Gasteiger charge is -2.50. The highest BCUT2D eigenvalue weighted by Crippen LogP contribution is 2.38. The van der Waals surface area contributed by atoms with Crippen LogP contribution in [0.3, 0.4) is 0 Å². The summed E-state index contributed by atoms with van der Waals surface area (Å²) in [5.41, 5.74) is 0.278. The van der Waals surface area contributed by atoms with E-state index in [2.05, 4.69) is 4.98 Å². The number of fused-ring (bicyclic) bond motifs is 1. The lowest BCUT2D eigenvalue weighted by atomic mass is 9.82. The van der Waals surface area contributed by atoms with Crippen molar-refractivity contribution >= 4 is 41.2 Å². The second kappa shape index (κ2) is 26.5. The van der Waals surface area contributed by atoms with Crippen molar-refractivity contribution in [3.63, 3.8) is 0 Å². The molecule has 16 atom stereocenters. The number of esters is 3. The molecule has 3 N–H and O–H groups in total. The number of likely N-dealkylation sites (N-methyl/N-ethyl adjacent to an activating group) is 2. The Hall–Kier alpha value is -4.21. The fourth-order valence-corrected chi connectivity index (χ4v) is 9.74. The first-order valence-corrected chi connectivity index (χ1v) is 24.6. The minimum absolute atomic E-state index is 0.0286. The van der Waals surface area contributed by atoms with E-state index in [1.165, 1.54) is 7.11 Å². The van der Waals surface area contributed by atoms with Gasteiger partial charge in [0.2, 0.25) is 0 Å². The number of benzene rings is 1. The number of aldehydes is 1. The van der Waals surface area contributed by atoms with Gasteiger partial charge in [0, 0.05) is 63.9 Å². The molecule has 18 heteroatoms. The molecule has 0 bridgehead atoms. The maximum absolute atomic E-state index is 14.1. The highest BCUT2D eigenvalue weighted by molar-refractivity contribution is 5.87. The molecule has 390 valence electrons. The maximum atomic E-state index is 14.1. The van der Waals surface area contributed by atoms with Crippen LogP contribution in [0.4, 0.5) is 0 Å². The van der Waals surface area contributed by atoms with E-state index in [9.17, 15) is 34.5 Å². The average molecular weight is 984 g/mol. The molecule has 1 aromatic heterocycles. The Balaban J connectivity index is 1.46. The van der Waals surface area contributed by atoms with Gasteiger partial charge in [-0.3, -0.25) is 19.4 Å². The Labute approximate surface area is 412 Å². The van der Waals surface area contributed by atoms with Gasteiger partial charge in [0.1, 0.15) is 42.4 Å². The molecule has 1 aromatic carbocycles. The predicted octanol–water partition coefficient (Wildman–Crippen LogP) is 4.38. The summed E-state index contributed by atoms with van der Waals surface area (Å²) in [5, 5.41) is 36.3. The molecule has 5 rings (SSSR count). The molecule has 0 amide bonds. The summed E-state index contributed by atoms with van der Waals surface area (Å²) in [4.78, 5) is 60.3. The van der Waals surface area contributed by atoms with Gasteiger partial charge in [-0.05, 0) is 83.9 Å². The molecule has 0 spiro atoms. The zero-order valence-corrected chi connectivity index (χ0v) is 42.5. The second-order valence-corrected chi connectivity index (χ2v) is 19.4. The number of nitrogens with zero attached hydrogens (tertiary/aromatic N) is 3. The van der Waals surface area contributed by atoms with E-state index in [0.717, 1.165) is 22.8 Å². The van der Waals surface area contributed by atoms with Crippen LogP contribution in [0.25, 0.3) is 17.0 Å². The van der Waals surface area contributed by atoms with Gasteiger partial charge in [-0.25, -0.2) is 0 Å². The number of cyclic esters (lactones) is 1. The van der Waals surface area contributed by atoms with Crippen LogP contribution in [0.15, 0.2) is 54.8 Å². The number of aliphatic hydroxyl groups is 3. The lowest BCUT2D eigenvalue weighted by molar-refractivity contribution is -0.344. The normalized spacial score (nSPS) is 35.9. The van der Waals surface area contributed by atoms with Gasteiger partial charge >= 0.3 is 17.9 Å². The van der Waals surface area contributed by atoms with E-state index >= 15 is 0 Å². The predicted molar refractivity (Wildman–Crippen MR) is 259 cm³/mol. The van der Waals surface area contributed by atoms with Gasteiger partial charge in [0.15, 0.2) is 18.7 Å². The van der Waals surface area contributed by atoms with E-state index in [-0.39, 0.29) is 38.6 Å². The number of aromatic nitrogens is 1. The van der Waals surface area contributed by atoms with Gasteiger partial charge in [0.05, 0.1) is 42.4 Å². The number of rotatable bonds is 15. The summed E-state index contributed by atoms with van der Waals surface area (Å²) in [7, 11) is 6.76. The van der Waals surface area contributed by atoms with E-state index in [1.54, 1.807) is 65.9 Å². The Kier molecular flexibility index (Phi) is 21.4. The number of hydrogen-bond acceptors (Lipinski definition) is 18. The molecular formula is C52H77N3O15. The number of β-amino-alcohol motifs (C(OH)–C–C–N with tert-alkyl or cyclic N) is 1. The van der Waals surface area contributed by atoms with Gasteiger partial charge in [-0.15, -0.1) is 0 Å². The van der Waals surface area contributed by atoms with Crippen molar-refractivity contribution in [2.24, 2.45) is 11.8 Å². The number of methoxy groups -OCH3 is 1. The molecule has 0 aliphatic carbocycles. The van der Waals surface area contributed by atoms with Crippen molar-refractivity contribution in [2.45, 2.75) is 172 Å². The van der Waals surface area contributed by atoms with Crippen molar-refractivity contribution < 1.29 is 72.4 Å². The molecule has 3 aliphatic heterocycles. The molecule has 0 saturated carbocycles. The van der Waals surface area contributed by atoms with Crippen molar-refractivity contribution in [1.82, 2.24) is 14.8 Å².